The maximum absolute atomic E-state index is 12.6. The molecule has 0 saturated carbocycles. The van der Waals surface area contributed by atoms with Crippen LogP contribution in [0.25, 0.3) is 6.08 Å². The van der Waals surface area contributed by atoms with Gasteiger partial charge in [-0.05, 0) is 104 Å². The van der Waals surface area contributed by atoms with Gasteiger partial charge in [0.2, 0.25) is 6.79 Å². The standard InChI is InChI=1S/C26H20I2N2O5/c1-32-20-5-2-16(3-6-20)13-30-26(31)19(12-29)8-18-9-21(27)25(22(28)10-18)33-14-17-4-7-23-24(11-17)35-15-34-23/h2-11H,13-15H2,1H3,(H,30,31)/b19-8-. The Balaban J connectivity index is 1.42. The van der Waals surface area contributed by atoms with Crippen LogP contribution in [0.1, 0.15) is 16.7 Å². The molecular formula is C26H20I2N2O5. The average Bonchev–Trinajstić information content (AvgIpc) is 3.33. The normalized spacial score (nSPS) is 12.1. The van der Waals surface area contributed by atoms with Crippen LogP contribution < -0.4 is 24.3 Å². The number of amides is 1. The second-order valence-corrected chi connectivity index (χ2v) is 9.81. The van der Waals surface area contributed by atoms with Gasteiger partial charge in [-0.15, -0.1) is 0 Å². The summed E-state index contributed by atoms with van der Waals surface area (Å²) < 4.78 is 23.7. The van der Waals surface area contributed by atoms with E-state index in [1.54, 1.807) is 13.2 Å². The van der Waals surface area contributed by atoms with Gasteiger partial charge in [-0.3, -0.25) is 4.79 Å². The monoisotopic (exact) mass is 694 g/mol. The Morgan fingerprint density at radius 2 is 1.74 bits per heavy atom. The quantitative estimate of drug-likeness (QED) is 0.192. The van der Waals surface area contributed by atoms with Crippen molar-refractivity contribution in [1.82, 2.24) is 5.32 Å². The summed E-state index contributed by atoms with van der Waals surface area (Å²) in [6.07, 6.45) is 1.58. The lowest BCUT2D eigenvalue weighted by Crippen LogP contribution is -2.23. The van der Waals surface area contributed by atoms with Gasteiger partial charge < -0.3 is 24.3 Å². The highest BCUT2D eigenvalue weighted by Gasteiger charge is 2.15. The molecule has 0 spiro atoms. The molecule has 0 aromatic heterocycles. The molecule has 0 atom stereocenters. The number of nitrogens with zero attached hydrogens (tertiary/aromatic N) is 1. The summed E-state index contributed by atoms with van der Waals surface area (Å²) in [5.41, 5.74) is 2.64. The van der Waals surface area contributed by atoms with Crippen LogP contribution in [0.15, 0.2) is 60.2 Å². The zero-order valence-corrected chi connectivity index (χ0v) is 23.0. The second kappa shape index (κ2) is 11.6. The molecule has 1 heterocycles. The number of carbonyl (C=O) groups is 1. The minimum absolute atomic E-state index is 0.0270. The highest BCUT2D eigenvalue weighted by atomic mass is 127. The van der Waals surface area contributed by atoms with Gasteiger partial charge in [-0.1, -0.05) is 18.2 Å². The van der Waals surface area contributed by atoms with Crippen LogP contribution in [0, 0.1) is 18.5 Å². The van der Waals surface area contributed by atoms with E-state index in [0.29, 0.717) is 18.9 Å². The van der Waals surface area contributed by atoms with E-state index in [9.17, 15) is 10.1 Å². The number of fused-ring (bicyclic) bond motifs is 1. The molecule has 4 rings (SSSR count). The van der Waals surface area contributed by atoms with Crippen LogP contribution >= 0.6 is 45.2 Å². The van der Waals surface area contributed by atoms with E-state index in [1.165, 1.54) is 0 Å². The van der Waals surface area contributed by atoms with E-state index in [2.05, 4.69) is 50.5 Å². The molecule has 178 valence electrons. The fourth-order valence-corrected chi connectivity index (χ4v) is 5.45. The first-order valence-corrected chi connectivity index (χ1v) is 12.7. The second-order valence-electron chi connectivity index (χ2n) is 7.49. The molecule has 9 heteroatoms. The third-order valence-electron chi connectivity index (χ3n) is 5.13. The fourth-order valence-electron chi connectivity index (χ4n) is 3.32. The summed E-state index contributed by atoms with van der Waals surface area (Å²) in [6, 6.07) is 18.8. The molecule has 0 unspecified atom stereocenters. The van der Waals surface area contributed by atoms with E-state index in [-0.39, 0.29) is 12.4 Å². The maximum atomic E-state index is 12.6. The summed E-state index contributed by atoms with van der Waals surface area (Å²) in [6.45, 7) is 0.910. The van der Waals surface area contributed by atoms with Crippen molar-refractivity contribution in [3.05, 3.63) is 84.0 Å². The lowest BCUT2D eigenvalue weighted by molar-refractivity contribution is -0.117. The minimum Gasteiger partial charge on any atom is -0.497 e. The first-order valence-electron chi connectivity index (χ1n) is 10.5. The number of benzene rings is 3. The van der Waals surface area contributed by atoms with Gasteiger partial charge in [0.25, 0.3) is 5.91 Å². The van der Waals surface area contributed by atoms with Crippen LogP contribution in [0.4, 0.5) is 0 Å². The van der Waals surface area contributed by atoms with Crippen LogP contribution in [0.2, 0.25) is 0 Å². The minimum atomic E-state index is -0.434. The molecule has 0 bridgehead atoms. The first kappa shape index (κ1) is 25.1. The predicted molar refractivity (Wildman–Crippen MR) is 147 cm³/mol. The maximum Gasteiger partial charge on any atom is 0.262 e. The molecule has 0 saturated heterocycles. The molecule has 0 aliphatic carbocycles. The largest absolute Gasteiger partial charge is 0.497 e. The Morgan fingerprint density at radius 3 is 2.43 bits per heavy atom. The van der Waals surface area contributed by atoms with Crippen LogP contribution in [0.5, 0.6) is 23.0 Å². The molecule has 3 aromatic carbocycles. The first-order chi connectivity index (χ1) is 17.0. The summed E-state index contributed by atoms with van der Waals surface area (Å²) in [4.78, 5) is 12.6. The van der Waals surface area contributed by atoms with Gasteiger partial charge in [0, 0.05) is 6.54 Å². The van der Waals surface area contributed by atoms with Crippen molar-refractivity contribution in [1.29, 1.82) is 5.26 Å². The van der Waals surface area contributed by atoms with E-state index >= 15 is 0 Å². The molecule has 0 fully saturated rings. The van der Waals surface area contributed by atoms with E-state index < -0.39 is 5.91 Å². The predicted octanol–water partition coefficient (Wildman–Crippen LogP) is 5.44. The zero-order chi connectivity index (χ0) is 24.8. The highest BCUT2D eigenvalue weighted by molar-refractivity contribution is 14.1. The SMILES string of the molecule is COc1ccc(CNC(=O)/C(C#N)=C\c2cc(I)c(OCc3ccc4c(c3)OCO4)c(I)c2)cc1. The number of hydrogen-bond acceptors (Lipinski definition) is 6. The number of methoxy groups -OCH3 is 1. The number of nitriles is 1. The van der Waals surface area contributed by atoms with Crippen molar-refractivity contribution in [2.45, 2.75) is 13.2 Å². The number of carbonyl (C=O) groups excluding carboxylic acids is 1. The van der Waals surface area contributed by atoms with Crippen molar-refractivity contribution in [2.24, 2.45) is 0 Å². The van der Waals surface area contributed by atoms with Gasteiger partial charge in [0.05, 0.1) is 14.3 Å². The molecule has 1 aliphatic heterocycles. The smallest absolute Gasteiger partial charge is 0.262 e. The lowest BCUT2D eigenvalue weighted by Gasteiger charge is -2.12. The van der Waals surface area contributed by atoms with Gasteiger partial charge >= 0.3 is 0 Å². The van der Waals surface area contributed by atoms with Crippen LogP contribution in [-0.2, 0) is 17.9 Å². The molecule has 7 nitrogen and oxygen atoms in total. The Kier molecular flexibility index (Phi) is 8.35. The third-order valence-corrected chi connectivity index (χ3v) is 6.73. The van der Waals surface area contributed by atoms with E-state index in [0.717, 1.165) is 41.1 Å². The molecule has 35 heavy (non-hydrogen) atoms. The lowest BCUT2D eigenvalue weighted by atomic mass is 10.1. The van der Waals surface area contributed by atoms with Gasteiger partial charge in [0.1, 0.15) is 29.7 Å². The Morgan fingerprint density at radius 1 is 1.06 bits per heavy atom. The van der Waals surface area contributed by atoms with Gasteiger partial charge in [-0.25, -0.2) is 0 Å². The summed E-state index contributed by atoms with van der Waals surface area (Å²) in [5.74, 6) is 2.49. The Hall–Kier alpha value is -2.98. The topological polar surface area (TPSA) is 89.8 Å². The summed E-state index contributed by atoms with van der Waals surface area (Å²) >= 11 is 4.39. The average molecular weight is 694 g/mol. The number of halogens is 2. The highest BCUT2D eigenvalue weighted by Crippen LogP contribution is 2.34. The summed E-state index contributed by atoms with van der Waals surface area (Å²) in [7, 11) is 1.60. The molecular weight excluding hydrogens is 674 g/mol. The zero-order valence-electron chi connectivity index (χ0n) is 18.6. The van der Waals surface area contributed by atoms with Crippen molar-refractivity contribution < 1.29 is 23.7 Å². The number of nitrogens with one attached hydrogen (secondary N) is 1. The molecule has 1 N–H and O–H groups in total. The van der Waals surface area contributed by atoms with Gasteiger partial charge in [-0.2, -0.15) is 5.26 Å². The molecule has 0 radical (unpaired) electrons. The molecule has 1 amide bonds. The van der Waals surface area contributed by atoms with Crippen molar-refractivity contribution >= 4 is 57.2 Å². The summed E-state index contributed by atoms with van der Waals surface area (Å²) in [5, 5.41) is 12.3. The van der Waals surface area contributed by atoms with Crippen LogP contribution in [0.3, 0.4) is 0 Å². The third kappa shape index (κ3) is 6.37. The van der Waals surface area contributed by atoms with E-state index in [4.69, 9.17) is 18.9 Å². The Bertz CT molecular complexity index is 1290. The van der Waals surface area contributed by atoms with Crippen molar-refractivity contribution in [3.8, 4) is 29.1 Å². The number of hydrogen-bond donors (Lipinski definition) is 1. The van der Waals surface area contributed by atoms with Crippen LogP contribution in [-0.4, -0.2) is 19.8 Å². The fraction of sp³-hybridized carbons (Fsp3) is 0.154. The molecule has 3 aromatic rings. The number of ether oxygens (including phenoxy) is 4. The van der Waals surface area contributed by atoms with E-state index in [1.807, 2.05) is 60.7 Å². The van der Waals surface area contributed by atoms with Crippen molar-refractivity contribution in [3.63, 3.8) is 0 Å². The molecule has 1 aliphatic rings. The Labute approximate surface area is 230 Å². The van der Waals surface area contributed by atoms with Crippen molar-refractivity contribution in [2.75, 3.05) is 13.9 Å². The van der Waals surface area contributed by atoms with Gasteiger partial charge in [0.15, 0.2) is 11.5 Å². The number of rotatable bonds is 8.